The maximum atomic E-state index is 11.7. The van der Waals surface area contributed by atoms with Gasteiger partial charge in [0.1, 0.15) is 0 Å². The van der Waals surface area contributed by atoms with Crippen molar-refractivity contribution in [2.24, 2.45) is 5.10 Å². The average molecular weight is 319 g/mol. The van der Waals surface area contributed by atoms with E-state index in [1.165, 1.54) is 17.3 Å². The van der Waals surface area contributed by atoms with Gasteiger partial charge in [0.05, 0.1) is 12.0 Å². The number of hydrazone groups is 1. The van der Waals surface area contributed by atoms with Crippen molar-refractivity contribution in [2.75, 3.05) is 5.75 Å². The minimum absolute atomic E-state index is 0.134. The second-order valence-corrected chi connectivity index (χ2v) is 5.93. The highest BCUT2D eigenvalue weighted by Crippen LogP contribution is 2.17. The first kappa shape index (κ1) is 15.6. The van der Waals surface area contributed by atoms with Gasteiger partial charge < -0.3 is 0 Å². The van der Waals surface area contributed by atoms with E-state index in [9.17, 15) is 4.79 Å². The molecule has 5 heteroatoms. The zero-order valence-corrected chi connectivity index (χ0v) is 13.1. The molecular weight excluding hydrogens is 304 g/mol. The number of aryl methyl sites for hydroxylation is 1. The van der Waals surface area contributed by atoms with Gasteiger partial charge in [0.15, 0.2) is 0 Å². The van der Waals surface area contributed by atoms with E-state index in [1.807, 2.05) is 43.3 Å². The number of carbonyl (C=O) groups excluding carboxylic acids is 1. The molecule has 0 heterocycles. The molecule has 0 saturated carbocycles. The third-order valence-corrected chi connectivity index (χ3v) is 3.93. The van der Waals surface area contributed by atoms with Crippen molar-refractivity contribution in [1.29, 1.82) is 0 Å². The molecule has 0 atom stereocenters. The minimum Gasteiger partial charge on any atom is -0.272 e. The molecule has 3 nitrogen and oxygen atoms in total. The fourth-order valence-electron chi connectivity index (χ4n) is 1.54. The lowest BCUT2D eigenvalue weighted by molar-refractivity contribution is -0.118. The molecule has 2 aromatic carbocycles. The summed E-state index contributed by atoms with van der Waals surface area (Å²) in [6, 6.07) is 15.3. The largest absolute Gasteiger partial charge is 0.272 e. The van der Waals surface area contributed by atoms with E-state index in [4.69, 9.17) is 11.6 Å². The molecule has 0 aliphatic heterocycles. The van der Waals surface area contributed by atoms with Gasteiger partial charge in [-0.25, -0.2) is 5.43 Å². The maximum absolute atomic E-state index is 11.7. The van der Waals surface area contributed by atoms with Crippen molar-refractivity contribution in [1.82, 2.24) is 5.43 Å². The lowest BCUT2D eigenvalue weighted by Crippen LogP contribution is -2.19. The highest BCUT2D eigenvalue weighted by molar-refractivity contribution is 8.00. The SMILES string of the molecule is Cc1ccc(SCC(=O)N/N=C/c2ccc(Cl)cc2)cc1. The van der Waals surface area contributed by atoms with E-state index in [0.717, 1.165) is 10.5 Å². The van der Waals surface area contributed by atoms with Crippen LogP contribution >= 0.6 is 23.4 Å². The number of benzene rings is 2. The summed E-state index contributed by atoms with van der Waals surface area (Å²) in [5, 5.41) is 4.59. The summed E-state index contributed by atoms with van der Waals surface area (Å²) in [6.45, 7) is 2.03. The van der Waals surface area contributed by atoms with E-state index >= 15 is 0 Å². The van der Waals surface area contributed by atoms with Gasteiger partial charge in [0.25, 0.3) is 0 Å². The van der Waals surface area contributed by atoms with Crippen LogP contribution in [-0.2, 0) is 4.79 Å². The Bertz CT molecular complexity index is 624. The Labute approximate surface area is 133 Å². The first-order valence-electron chi connectivity index (χ1n) is 6.40. The monoisotopic (exact) mass is 318 g/mol. The zero-order valence-electron chi connectivity index (χ0n) is 11.5. The molecule has 2 rings (SSSR count). The van der Waals surface area contributed by atoms with Crippen LogP contribution in [-0.4, -0.2) is 17.9 Å². The molecule has 0 aromatic heterocycles. The smallest absolute Gasteiger partial charge is 0.250 e. The molecule has 1 N–H and O–H groups in total. The Morgan fingerprint density at radius 1 is 1.19 bits per heavy atom. The van der Waals surface area contributed by atoms with Gasteiger partial charge in [-0.05, 0) is 36.8 Å². The first-order valence-corrected chi connectivity index (χ1v) is 7.77. The Morgan fingerprint density at radius 2 is 1.86 bits per heavy atom. The second kappa shape index (κ2) is 7.86. The number of nitrogens with zero attached hydrogens (tertiary/aromatic N) is 1. The number of halogens is 1. The van der Waals surface area contributed by atoms with Crippen LogP contribution in [0.25, 0.3) is 0 Å². The number of nitrogens with one attached hydrogen (secondary N) is 1. The topological polar surface area (TPSA) is 41.5 Å². The lowest BCUT2D eigenvalue weighted by Gasteiger charge is -2.01. The zero-order chi connectivity index (χ0) is 15.1. The highest BCUT2D eigenvalue weighted by Gasteiger charge is 2.01. The Balaban J connectivity index is 1.77. The van der Waals surface area contributed by atoms with Crippen LogP contribution in [0.4, 0.5) is 0 Å². The van der Waals surface area contributed by atoms with Gasteiger partial charge in [-0.3, -0.25) is 4.79 Å². The van der Waals surface area contributed by atoms with E-state index < -0.39 is 0 Å². The molecule has 0 saturated heterocycles. The molecule has 2 aromatic rings. The third-order valence-electron chi connectivity index (χ3n) is 2.66. The van der Waals surface area contributed by atoms with Crippen molar-refractivity contribution in [3.63, 3.8) is 0 Å². The molecule has 0 aliphatic carbocycles. The summed E-state index contributed by atoms with van der Waals surface area (Å²) in [6.07, 6.45) is 1.59. The summed E-state index contributed by atoms with van der Waals surface area (Å²) >= 11 is 7.27. The van der Waals surface area contributed by atoms with E-state index in [-0.39, 0.29) is 5.91 Å². The van der Waals surface area contributed by atoms with Gasteiger partial charge in [0.2, 0.25) is 5.91 Å². The normalized spacial score (nSPS) is 10.8. The quantitative estimate of drug-likeness (QED) is 0.516. The van der Waals surface area contributed by atoms with Crippen LogP contribution in [0.5, 0.6) is 0 Å². The van der Waals surface area contributed by atoms with Crippen molar-refractivity contribution in [2.45, 2.75) is 11.8 Å². The second-order valence-electron chi connectivity index (χ2n) is 4.45. The molecule has 0 fully saturated rings. The van der Waals surface area contributed by atoms with Crippen molar-refractivity contribution >= 4 is 35.5 Å². The number of rotatable bonds is 5. The molecule has 1 amide bonds. The van der Waals surface area contributed by atoms with Crippen LogP contribution < -0.4 is 5.43 Å². The summed E-state index contributed by atoms with van der Waals surface area (Å²) in [4.78, 5) is 12.7. The summed E-state index contributed by atoms with van der Waals surface area (Å²) in [5.74, 6) is 0.201. The number of hydrogen-bond acceptors (Lipinski definition) is 3. The van der Waals surface area contributed by atoms with Crippen LogP contribution in [0, 0.1) is 6.92 Å². The van der Waals surface area contributed by atoms with Gasteiger partial charge in [-0.2, -0.15) is 5.10 Å². The predicted molar refractivity (Wildman–Crippen MR) is 89.1 cm³/mol. The highest BCUT2D eigenvalue weighted by atomic mass is 35.5. The van der Waals surface area contributed by atoms with Crippen molar-refractivity contribution in [3.05, 3.63) is 64.7 Å². The molecule has 0 spiro atoms. The summed E-state index contributed by atoms with van der Waals surface area (Å²) < 4.78 is 0. The number of hydrogen-bond donors (Lipinski definition) is 1. The average Bonchev–Trinajstić information content (AvgIpc) is 2.49. The Hall–Kier alpha value is -1.78. The summed E-state index contributed by atoms with van der Waals surface area (Å²) in [7, 11) is 0. The summed E-state index contributed by atoms with van der Waals surface area (Å²) in [5.41, 5.74) is 4.59. The van der Waals surface area contributed by atoms with Gasteiger partial charge in [-0.1, -0.05) is 41.4 Å². The molecule has 21 heavy (non-hydrogen) atoms. The van der Waals surface area contributed by atoms with Crippen LogP contribution in [0.1, 0.15) is 11.1 Å². The Kier molecular flexibility index (Phi) is 5.84. The fraction of sp³-hybridized carbons (Fsp3) is 0.125. The molecular formula is C16H15ClN2OS. The van der Waals surface area contributed by atoms with Gasteiger partial charge in [-0.15, -0.1) is 11.8 Å². The fourth-order valence-corrected chi connectivity index (χ4v) is 2.36. The van der Waals surface area contributed by atoms with Crippen molar-refractivity contribution in [3.8, 4) is 0 Å². The van der Waals surface area contributed by atoms with Gasteiger partial charge >= 0.3 is 0 Å². The van der Waals surface area contributed by atoms with E-state index in [0.29, 0.717) is 10.8 Å². The lowest BCUT2D eigenvalue weighted by atomic mass is 10.2. The van der Waals surface area contributed by atoms with Gasteiger partial charge in [0, 0.05) is 9.92 Å². The first-order chi connectivity index (χ1) is 10.1. The standard InChI is InChI=1S/C16H15ClN2OS/c1-12-2-8-15(9-3-12)21-11-16(20)19-18-10-13-4-6-14(17)7-5-13/h2-10H,11H2,1H3,(H,19,20)/b18-10+. The third kappa shape index (κ3) is 5.61. The molecule has 0 radical (unpaired) electrons. The van der Waals surface area contributed by atoms with E-state index in [2.05, 4.69) is 10.5 Å². The number of carbonyl (C=O) groups is 1. The molecule has 0 unspecified atom stereocenters. The number of amides is 1. The van der Waals surface area contributed by atoms with Crippen LogP contribution in [0.2, 0.25) is 5.02 Å². The predicted octanol–water partition coefficient (Wildman–Crippen LogP) is 3.89. The van der Waals surface area contributed by atoms with Crippen molar-refractivity contribution < 1.29 is 4.79 Å². The van der Waals surface area contributed by atoms with Crippen LogP contribution in [0.3, 0.4) is 0 Å². The Morgan fingerprint density at radius 3 is 2.52 bits per heavy atom. The number of thioether (sulfide) groups is 1. The van der Waals surface area contributed by atoms with E-state index in [1.54, 1.807) is 18.3 Å². The molecule has 0 aliphatic rings. The van der Waals surface area contributed by atoms with Crippen LogP contribution in [0.15, 0.2) is 58.5 Å². The molecule has 108 valence electrons. The minimum atomic E-state index is -0.134. The maximum Gasteiger partial charge on any atom is 0.250 e. The molecule has 0 bridgehead atoms.